The van der Waals surface area contributed by atoms with Crippen LogP contribution < -0.4 is 5.32 Å². The second kappa shape index (κ2) is 7.74. The van der Waals surface area contributed by atoms with Gasteiger partial charge in [0.15, 0.2) is 0 Å². The highest BCUT2D eigenvalue weighted by Gasteiger charge is 2.29. The van der Waals surface area contributed by atoms with Crippen LogP contribution in [0.2, 0.25) is 0 Å². The molecule has 1 fully saturated rings. The largest absolute Gasteiger partial charge is 0.342 e. The van der Waals surface area contributed by atoms with Crippen LogP contribution in [0.5, 0.6) is 0 Å². The molecule has 106 valence electrons. The zero-order chi connectivity index (χ0) is 13.5. The van der Waals surface area contributed by atoms with Crippen LogP contribution in [0.25, 0.3) is 0 Å². The van der Waals surface area contributed by atoms with Crippen LogP contribution in [0.15, 0.2) is 0 Å². The topological polar surface area (TPSA) is 35.6 Å². The molecule has 0 aromatic heterocycles. The summed E-state index contributed by atoms with van der Waals surface area (Å²) in [6.07, 6.45) is 2.42. The van der Waals surface area contributed by atoms with Crippen LogP contribution >= 0.6 is 0 Å². The Morgan fingerprint density at radius 3 is 2.39 bits per heavy atom. The van der Waals surface area contributed by atoms with E-state index in [9.17, 15) is 4.79 Å². The first-order chi connectivity index (χ1) is 8.65. The molecule has 4 nitrogen and oxygen atoms in total. The van der Waals surface area contributed by atoms with Crippen LogP contribution in [0.3, 0.4) is 0 Å². The Morgan fingerprint density at radius 2 is 1.94 bits per heavy atom. The first kappa shape index (κ1) is 15.4. The molecule has 2 unspecified atom stereocenters. The minimum Gasteiger partial charge on any atom is -0.342 e. The van der Waals surface area contributed by atoms with Gasteiger partial charge in [-0.3, -0.25) is 9.69 Å². The molecule has 0 spiro atoms. The summed E-state index contributed by atoms with van der Waals surface area (Å²) in [6.45, 7) is 13.0. The Morgan fingerprint density at radius 1 is 1.28 bits per heavy atom. The van der Waals surface area contributed by atoms with Gasteiger partial charge in [-0.15, -0.1) is 0 Å². The van der Waals surface area contributed by atoms with E-state index >= 15 is 0 Å². The highest BCUT2D eigenvalue weighted by atomic mass is 16.2. The van der Waals surface area contributed by atoms with E-state index in [1.807, 2.05) is 18.7 Å². The van der Waals surface area contributed by atoms with Crippen molar-refractivity contribution in [3.05, 3.63) is 0 Å². The van der Waals surface area contributed by atoms with Crippen LogP contribution in [-0.4, -0.2) is 60.5 Å². The van der Waals surface area contributed by atoms with Gasteiger partial charge < -0.3 is 10.2 Å². The van der Waals surface area contributed by atoms with Crippen LogP contribution in [0.4, 0.5) is 0 Å². The van der Waals surface area contributed by atoms with E-state index in [2.05, 4.69) is 24.1 Å². The maximum Gasteiger partial charge on any atom is 0.239 e. The van der Waals surface area contributed by atoms with Crippen molar-refractivity contribution in [1.82, 2.24) is 15.1 Å². The Hall–Kier alpha value is -0.610. The van der Waals surface area contributed by atoms with E-state index in [0.29, 0.717) is 6.04 Å². The van der Waals surface area contributed by atoms with Gasteiger partial charge in [-0.1, -0.05) is 6.92 Å². The van der Waals surface area contributed by atoms with Crippen molar-refractivity contribution >= 4 is 5.91 Å². The molecule has 1 N–H and O–H groups in total. The van der Waals surface area contributed by atoms with Crippen LogP contribution in [-0.2, 0) is 4.79 Å². The summed E-state index contributed by atoms with van der Waals surface area (Å²) in [6, 6.07) is 0.512. The number of nitrogens with one attached hydrogen (secondary N) is 1. The molecule has 0 saturated carbocycles. The smallest absolute Gasteiger partial charge is 0.239 e. The first-order valence-corrected chi connectivity index (χ1v) is 7.40. The molecule has 0 aromatic carbocycles. The third kappa shape index (κ3) is 3.69. The lowest BCUT2D eigenvalue weighted by molar-refractivity contribution is -0.137. The zero-order valence-corrected chi connectivity index (χ0v) is 12.4. The third-order valence-corrected chi connectivity index (χ3v) is 4.04. The predicted molar refractivity (Wildman–Crippen MR) is 75.7 cm³/mol. The van der Waals surface area contributed by atoms with Gasteiger partial charge in [0.1, 0.15) is 0 Å². The fourth-order valence-corrected chi connectivity index (χ4v) is 2.91. The van der Waals surface area contributed by atoms with Gasteiger partial charge in [0.2, 0.25) is 5.91 Å². The summed E-state index contributed by atoms with van der Waals surface area (Å²) >= 11 is 0. The van der Waals surface area contributed by atoms with Gasteiger partial charge in [-0.25, -0.2) is 0 Å². The van der Waals surface area contributed by atoms with Crippen molar-refractivity contribution < 1.29 is 4.79 Å². The number of carbonyl (C=O) groups excluding carboxylic acids is 1. The normalized spacial score (nSPS) is 21.9. The molecule has 0 radical (unpaired) electrons. The van der Waals surface area contributed by atoms with Crippen molar-refractivity contribution in [2.24, 2.45) is 0 Å². The van der Waals surface area contributed by atoms with Crippen molar-refractivity contribution in [3.63, 3.8) is 0 Å². The molecule has 0 aliphatic carbocycles. The number of piperidine rings is 1. The van der Waals surface area contributed by atoms with E-state index in [-0.39, 0.29) is 11.9 Å². The number of carbonyl (C=O) groups is 1. The molecule has 4 heteroatoms. The highest BCUT2D eigenvalue weighted by Crippen LogP contribution is 2.15. The number of likely N-dealkylation sites (N-methyl/N-ethyl adjacent to an activating group) is 2. The fraction of sp³-hybridized carbons (Fsp3) is 0.929. The maximum absolute atomic E-state index is 12.4. The number of nitrogens with zero attached hydrogens (tertiary/aromatic N) is 2. The first-order valence-electron chi connectivity index (χ1n) is 7.40. The SMILES string of the molecule is CCN(CC)C(=O)C(C)N(CC)C1CCCNC1. The number of amides is 1. The summed E-state index contributed by atoms with van der Waals surface area (Å²) in [5.74, 6) is 0.271. The quantitative estimate of drug-likeness (QED) is 0.777. The summed E-state index contributed by atoms with van der Waals surface area (Å²) in [7, 11) is 0. The molecule has 1 aliphatic rings. The number of rotatable bonds is 6. The molecular formula is C14H29N3O. The van der Waals surface area contributed by atoms with E-state index in [4.69, 9.17) is 0 Å². The highest BCUT2D eigenvalue weighted by molar-refractivity contribution is 5.81. The minimum absolute atomic E-state index is 0.000185. The molecule has 0 bridgehead atoms. The second-order valence-electron chi connectivity index (χ2n) is 5.02. The summed E-state index contributed by atoms with van der Waals surface area (Å²) in [4.78, 5) is 16.7. The van der Waals surface area contributed by atoms with Gasteiger partial charge in [0.05, 0.1) is 6.04 Å². The molecule has 1 rings (SSSR count). The monoisotopic (exact) mass is 255 g/mol. The molecule has 1 heterocycles. The summed E-state index contributed by atoms with van der Waals surface area (Å²) in [5, 5.41) is 3.43. The van der Waals surface area contributed by atoms with E-state index < -0.39 is 0 Å². The van der Waals surface area contributed by atoms with Gasteiger partial charge >= 0.3 is 0 Å². The molecule has 2 atom stereocenters. The average molecular weight is 255 g/mol. The van der Waals surface area contributed by atoms with Crippen molar-refractivity contribution in [1.29, 1.82) is 0 Å². The lowest BCUT2D eigenvalue weighted by Crippen LogP contribution is -2.54. The standard InChI is InChI=1S/C14H29N3O/c1-5-16(6-2)14(18)12(4)17(7-3)13-9-8-10-15-11-13/h12-13,15H,5-11H2,1-4H3. The molecule has 18 heavy (non-hydrogen) atoms. The third-order valence-electron chi connectivity index (χ3n) is 4.04. The Kier molecular flexibility index (Phi) is 6.65. The molecule has 1 saturated heterocycles. The van der Waals surface area contributed by atoms with E-state index in [1.54, 1.807) is 0 Å². The zero-order valence-electron chi connectivity index (χ0n) is 12.4. The Balaban J connectivity index is 2.65. The lowest BCUT2D eigenvalue weighted by Gasteiger charge is -2.38. The van der Waals surface area contributed by atoms with E-state index in [0.717, 1.165) is 32.7 Å². The van der Waals surface area contributed by atoms with Gasteiger partial charge in [-0.05, 0) is 46.7 Å². The van der Waals surface area contributed by atoms with Gasteiger partial charge in [0, 0.05) is 25.7 Å². The summed E-state index contributed by atoms with van der Waals surface area (Å²) in [5.41, 5.74) is 0. The molecular weight excluding hydrogens is 226 g/mol. The van der Waals surface area contributed by atoms with Gasteiger partial charge in [0.25, 0.3) is 0 Å². The minimum atomic E-state index is -0.000185. The average Bonchev–Trinajstić information content (AvgIpc) is 2.42. The fourth-order valence-electron chi connectivity index (χ4n) is 2.91. The molecule has 1 aliphatic heterocycles. The lowest BCUT2D eigenvalue weighted by atomic mass is 10.0. The van der Waals surface area contributed by atoms with Crippen molar-refractivity contribution in [2.75, 3.05) is 32.7 Å². The van der Waals surface area contributed by atoms with Crippen molar-refractivity contribution in [3.8, 4) is 0 Å². The van der Waals surface area contributed by atoms with Gasteiger partial charge in [-0.2, -0.15) is 0 Å². The second-order valence-corrected chi connectivity index (χ2v) is 5.02. The maximum atomic E-state index is 12.4. The Bertz CT molecular complexity index is 247. The number of hydrogen-bond donors (Lipinski definition) is 1. The molecule has 1 amide bonds. The molecule has 0 aromatic rings. The number of hydrogen-bond acceptors (Lipinski definition) is 3. The van der Waals surface area contributed by atoms with Crippen molar-refractivity contribution in [2.45, 2.75) is 52.6 Å². The van der Waals surface area contributed by atoms with Crippen LogP contribution in [0, 0.1) is 0 Å². The summed E-state index contributed by atoms with van der Waals surface area (Å²) < 4.78 is 0. The Labute approximate surface area is 112 Å². The predicted octanol–water partition coefficient (Wildman–Crippen LogP) is 1.32. The van der Waals surface area contributed by atoms with Crippen LogP contribution in [0.1, 0.15) is 40.5 Å². The van der Waals surface area contributed by atoms with E-state index in [1.165, 1.54) is 12.8 Å².